The zero-order valence-electron chi connectivity index (χ0n) is 8.64. The van der Waals surface area contributed by atoms with Crippen LogP contribution in [0.15, 0.2) is 30.3 Å². The molecule has 1 aromatic carbocycles. The number of hydrogen-bond acceptors (Lipinski definition) is 3. The second-order valence-electron chi connectivity index (χ2n) is 4.29. The van der Waals surface area contributed by atoms with Gasteiger partial charge in [0.05, 0.1) is 5.41 Å². The van der Waals surface area contributed by atoms with Crippen LogP contribution in [0, 0.1) is 5.41 Å². The number of benzene rings is 1. The van der Waals surface area contributed by atoms with Gasteiger partial charge in [0, 0.05) is 6.42 Å². The monoisotopic (exact) mass is 206 g/mol. The molecule has 0 radical (unpaired) electrons. The van der Waals surface area contributed by atoms with E-state index in [1.165, 1.54) is 0 Å². The lowest BCUT2D eigenvalue weighted by molar-refractivity contribution is -0.157. The largest absolute Gasteiger partial charge is 0.436 e. The Bertz CT molecular complexity index is 360. The van der Waals surface area contributed by atoms with Crippen LogP contribution in [0.3, 0.4) is 0 Å². The SMILES string of the molecule is C[C@]1(Cc2ccccc2)CC(O)OC1=O. The molecule has 15 heavy (non-hydrogen) atoms. The molecule has 3 nitrogen and oxygen atoms in total. The third kappa shape index (κ3) is 2.02. The first-order chi connectivity index (χ1) is 7.10. The van der Waals surface area contributed by atoms with Gasteiger partial charge in [-0.2, -0.15) is 0 Å². The van der Waals surface area contributed by atoms with Crippen molar-refractivity contribution in [2.24, 2.45) is 5.41 Å². The first-order valence-electron chi connectivity index (χ1n) is 5.03. The third-order valence-corrected chi connectivity index (χ3v) is 2.80. The topological polar surface area (TPSA) is 46.5 Å². The average Bonchev–Trinajstić information content (AvgIpc) is 2.41. The van der Waals surface area contributed by atoms with Crippen LogP contribution in [-0.2, 0) is 16.0 Å². The maximum atomic E-state index is 11.5. The number of cyclic esters (lactones) is 1. The van der Waals surface area contributed by atoms with Gasteiger partial charge in [0.1, 0.15) is 0 Å². The molecule has 1 aliphatic heterocycles. The maximum Gasteiger partial charge on any atom is 0.314 e. The number of carbonyl (C=O) groups excluding carboxylic acids is 1. The van der Waals surface area contributed by atoms with Gasteiger partial charge < -0.3 is 9.84 Å². The van der Waals surface area contributed by atoms with Gasteiger partial charge >= 0.3 is 5.97 Å². The highest BCUT2D eigenvalue weighted by molar-refractivity contribution is 5.78. The Hall–Kier alpha value is -1.35. The van der Waals surface area contributed by atoms with E-state index in [1.807, 2.05) is 37.3 Å². The van der Waals surface area contributed by atoms with Gasteiger partial charge in [0.2, 0.25) is 6.29 Å². The molecule has 1 heterocycles. The standard InChI is InChI=1S/C12H14O3/c1-12(8-10(13)15-11(12)14)7-9-5-3-2-4-6-9/h2-6,10,13H,7-8H2,1H3/t10?,12-/m0/s1. The van der Waals surface area contributed by atoms with Gasteiger partial charge in [-0.25, -0.2) is 0 Å². The average molecular weight is 206 g/mol. The molecule has 80 valence electrons. The number of aliphatic hydroxyl groups excluding tert-OH is 1. The summed E-state index contributed by atoms with van der Waals surface area (Å²) in [6.45, 7) is 1.83. The molecule has 1 fully saturated rings. The van der Waals surface area contributed by atoms with Crippen molar-refractivity contribution in [2.75, 3.05) is 0 Å². The molecule has 1 N–H and O–H groups in total. The van der Waals surface area contributed by atoms with Crippen molar-refractivity contribution in [3.8, 4) is 0 Å². The van der Waals surface area contributed by atoms with E-state index in [9.17, 15) is 9.90 Å². The first kappa shape index (κ1) is 10.2. The van der Waals surface area contributed by atoms with Crippen molar-refractivity contribution < 1.29 is 14.6 Å². The minimum Gasteiger partial charge on any atom is -0.436 e. The van der Waals surface area contributed by atoms with Gasteiger partial charge in [0.25, 0.3) is 0 Å². The molecule has 0 bridgehead atoms. The molecular formula is C12H14O3. The number of hydrogen-bond donors (Lipinski definition) is 1. The summed E-state index contributed by atoms with van der Waals surface area (Å²) in [5, 5.41) is 9.27. The fourth-order valence-corrected chi connectivity index (χ4v) is 1.97. The van der Waals surface area contributed by atoms with E-state index in [-0.39, 0.29) is 5.97 Å². The van der Waals surface area contributed by atoms with E-state index < -0.39 is 11.7 Å². The fourth-order valence-electron chi connectivity index (χ4n) is 1.97. The Morgan fingerprint density at radius 1 is 1.47 bits per heavy atom. The summed E-state index contributed by atoms with van der Waals surface area (Å²) in [6, 6.07) is 9.77. The third-order valence-electron chi connectivity index (χ3n) is 2.80. The second-order valence-corrected chi connectivity index (χ2v) is 4.29. The Balaban J connectivity index is 2.15. The predicted octanol–water partition coefficient (Wildman–Crippen LogP) is 1.50. The number of carbonyl (C=O) groups is 1. The number of aliphatic hydroxyl groups is 1. The highest BCUT2D eigenvalue weighted by Gasteiger charge is 2.44. The van der Waals surface area contributed by atoms with Crippen molar-refractivity contribution in [1.82, 2.24) is 0 Å². The molecule has 0 saturated carbocycles. The van der Waals surface area contributed by atoms with Crippen molar-refractivity contribution in [3.05, 3.63) is 35.9 Å². The summed E-state index contributed by atoms with van der Waals surface area (Å²) in [6.07, 6.45) is 0.0518. The Kier molecular flexibility index (Phi) is 2.49. The van der Waals surface area contributed by atoms with Gasteiger partial charge in [-0.05, 0) is 18.9 Å². The maximum absolute atomic E-state index is 11.5. The van der Waals surface area contributed by atoms with Gasteiger partial charge in [-0.1, -0.05) is 30.3 Å². The summed E-state index contributed by atoms with van der Waals surface area (Å²) in [5.41, 5.74) is 0.506. The highest BCUT2D eigenvalue weighted by atomic mass is 16.6. The molecular weight excluding hydrogens is 192 g/mol. The van der Waals surface area contributed by atoms with Crippen molar-refractivity contribution in [2.45, 2.75) is 26.1 Å². The summed E-state index contributed by atoms with van der Waals surface area (Å²) in [7, 11) is 0. The number of rotatable bonds is 2. The first-order valence-corrected chi connectivity index (χ1v) is 5.03. The quantitative estimate of drug-likeness (QED) is 0.746. The summed E-state index contributed by atoms with van der Waals surface area (Å²) < 4.78 is 4.77. The van der Waals surface area contributed by atoms with Gasteiger partial charge in [-0.3, -0.25) is 4.79 Å². The van der Waals surface area contributed by atoms with Crippen LogP contribution in [0.25, 0.3) is 0 Å². The Morgan fingerprint density at radius 3 is 2.67 bits per heavy atom. The van der Waals surface area contributed by atoms with Gasteiger partial charge in [-0.15, -0.1) is 0 Å². The summed E-state index contributed by atoms with van der Waals surface area (Å²) >= 11 is 0. The Labute approximate surface area is 88.7 Å². The van der Waals surface area contributed by atoms with E-state index in [2.05, 4.69) is 0 Å². The fraction of sp³-hybridized carbons (Fsp3) is 0.417. The van der Waals surface area contributed by atoms with Crippen LogP contribution in [0.1, 0.15) is 18.9 Å². The second kappa shape index (κ2) is 3.66. The molecule has 1 saturated heterocycles. The van der Waals surface area contributed by atoms with Crippen LogP contribution < -0.4 is 0 Å². The molecule has 1 unspecified atom stereocenters. The molecule has 0 aromatic heterocycles. The van der Waals surface area contributed by atoms with Crippen LogP contribution in [0.5, 0.6) is 0 Å². The zero-order chi connectivity index (χ0) is 10.9. The van der Waals surface area contributed by atoms with Crippen LogP contribution in [-0.4, -0.2) is 17.4 Å². The molecule has 1 aliphatic rings. The molecule has 2 atom stereocenters. The summed E-state index contributed by atoms with van der Waals surface area (Å²) in [4.78, 5) is 11.5. The van der Waals surface area contributed by atoms with Crippen LogP contribution in [0.2, 0.25) is 0 Å². The molecule has 0 spiro atoms. The number of esters is 1. The molecule has 1 aromatic rings. The number of ether oxygens (including phenoxy) is 1. The van der Waals surface area contributed by atoms with Crippen LogP contribution >= 0.6 is 0 Å². The lowest BCUT2D eigenvalue weighted by atomic mass is 9.82. The lowest BCUT2D eigenvalue weighted by Crippen LogP contribution is -2.25. The van der Waals surface area contributed by atoms with E-state index in [4.69, 9.17) is 4.74 Å². The Morgan fingerprint density at radius 2 is 2.13 bits per heavy atom. The van der Waals surface area contributed by atoms with Crippen molar-refractivity contribution >= 4 is 5.97 Å². The normalized spacial score (nSPS) is 30.3. The van der Waals surface area contributed by atoms with Crippen molar-refractivity contribution in [1.29, 1.82) is 0 Å². The van der Waals surface area contributed by atoms with E-state index in [0.29, 0.717) is 12.8 Å². The highest BCUT2D eigenvalue weighted by Crippen LogP contribution is 2.35. The predicted molar refractivity (Wildman–Crippen MR) is 55.0 cm³/mol. The van der Waals surface area contributed by atoms with E-state index >= 15 is 0 Å². The van der Waals surface area contributed by atoms with Gasteiger partial charge in [0.15, 0.2) is 0 Å². The molecule has 0 amide bonds. The van der Waals surface area contributed by atoms with E-state index in [1.54, 1.807) is 0 Å². The van der Waals surface area contributed by atoms with Crippen LogP contribution in [0.4, 0.5) is 0 Å². The zero-order valence-corrected chi connectivity index (χ0v) is 8.64. The summed E-state index contributed by atoms with van der Waals surface area (Å²) in [5.74, 6) is -0.307. The van der Waals surface area contributed by atoms with E-state index in [0.717, 1.165) is 5.56 Å². The minimum atomic E-state index is -0.939. The smallest absolute Gasteiger partial charge is 0.314 e. The van der Waals surface area contributed by atoms with Crippen molar-refractivity contribution in [3.63, 3.8) is 0 Å². The molecule has 0 aliphatic carbocycles. The molecule has 3 heteroatoms. The minimum absolute atomic E-state index is 0.307. The lowest BCUT2D eigenvalue weighted by Gasteiger charge is -2.18. The molecule has 2 rings (SSSR count).